The van der Waals surface area contributed by atoms with E-state index >= 15 is 0 Å². The molecule has 0 fully saturated rings. The van der Waals surface area contributed by atoms with E-state index in [2.05, 4.69) is 0 Å². The van der Waals surface area contributed by atoms with Crippen LogP contribution in [0.2, 0.25) is 0 Å². The Hall–Kier alpha value is 0.757. The maximum atomic E-state index is 5.65. The molecule has 0 aromatic carbocycles. The Morgan fingerprint density at radius 2 is 2.29 bits per heavy atom. The van der Waals surface area contributed by atoms with Gasteiger partial charge in [-0.15, -0.1) is 11.6 Å². The molecule has 1 atom stereocenters. The standard InChI is InChI=1S/C3H8Cl2OSi/c1-6-3-7(5)2-4/h7H,2-3H2,1H3. The fourth-order valence-electron chi connectivity index (χ4n) is 0.225. The van der Waals surface area contributed by atoms with Crippen LogP contribution in [0, 0.1) is 0 Å². The van der Waals surface area contributed by atoms with Crippen LogP contribution in [0.4, 0.5) is 0 Å². The fraction of sp³-hybridized carbons (Fsp3) is 1.00. The Morgan fingerprint density at radius 3 is 2.43 bits per heavy atom. The molecule has 0 spiro atoms. The molecule has 0 bridgehead atoms. The predicted molar refractivity (Wildman–Crippen MR) is 35.6 cm³/mol. The second-order valence-corrected chi connectivity index (χ2v) is 5.82. The normalized spacial score (nSPS) is 14.1. The maximum absolute atomic E-state index is 5.65. The molecule has 0 heterocycles. The third-order valence-corrected chi connectivity index (χ3v) is 3.98. The first-order chi connectivity index (χ1) is 3.31. The Labute approximate surface area is 54.9 Å². The summed E-state index contributed by atoms with van der Waals surface area (Å²) >= 11 is 11.0. The number of rotatable bonds is 3. The number of alkyl halides is 1. The van der Waals surface area contributed by atoms with Gasteiger partial charge in [-0.2, -0.15) is 11.1 Å². The van der Waals surface area contributed by atoms with Crippen LogP contribution in [-0.2, 0) is 4.74 Å². The molecule has 0 aromatic rings. The van der Waals surface area contributed by atoms with Gasteiger partial charge in [-0.25, -0.2) is 0 Å². The number of hydrogen-bond donors (Lipinski definition) is 0. The van der Waals surface area contributed by atoms with Crippen molar-refractivity contribution in [3.8, 4) is 0 Å². The molecule has 0 N–H and O–H groups in total. The Kier molecular flexibility index (Phi) is 5.44. The number of methoxy groups -OCH3 is 1. The Morgan fingerprint density at radius 1 is 1.71 bits per heavy atom. The first-order valence-corrected chi connectivity index (χ1v) is 5.91. The van der Waals surface area contributed by atoms with Gasteiger partial charge >= 0.3 is 0 Å². The number of hydrogen-bond acceptors (Lipinski definition) is 1. The monoisotopic (exact) mass is 158 g/mol. The van der Waals surface area contributed by atoms with Crippen molar-refractivity contribution < 1.29 is 4.74 Å². The van der Waals surface area contributed by atoms with Gasteiger partial charge in [0, 0.05) is 12.6 Å². The molecule has 0 aromatic heterocycles. The van der Waals surface area contributed by atoms with Crippen molar-refractivity contribution in [2.24, 2.45) is 0 Å². The topological polar surface area (TPSA) is 9.23 Å². The molecule has 0 aliphatic carbocycles. The van der Waals surface area contributed by atoms with E-state index < -0.39 is 8.11 Å². The molecular weight excluding hydrogens is 151 g/mol. The van der Waals surface area contributed by atoms with Crippen molar-refractivity contribution >= 4 is 30.8 Å². The van der Waals surface area contributed by atoms with Gasteiger partial charge in [0.25, 0.3) is 0 Å². The van der Waals surface area contributed by atoms with Crippen molar-refractivity contribution in [1.82, 2.24) is 0 Å². The van der Waals surface area contributed by atoms with E-state index in [-0.39, 0.29) is 0 Å². The summed E-state index contributed by atoms with van der Waals surface area (Å²) in [7, 11) is 0.468. The lowest BCUT2D eigenvalue weighted by Crippen LogP contribution is -2.14. The van der Waals surface area contributed by atoms with E-state index in [1.54, 1.807) is 7.11 Å². The molecule has 4 heteroatoms. The van der Waals surface area contributed by atoms with Crippen LogP contribution in [0.1, 0.15) is 0 Å². The summed E-state index contributed by atoms with van der Waals surface area (Å²) in [4.78, 5) is 0. The molecule has 1 nitrogen and oxygen atoms in total. The van der Waals surface area contributed by atoms with E-state index in [0.29, 0.717) is 11.7 Å². The predicted octanol–water partition coefficient (Wildman–Crippen LogP) is 0.913. The highest BCUT2D eigenvalue weighted by Crippen LogP contribution is 1.91. The minimum Gasteiger partial charge on any atom is -0.387 e. The van der Waals surface area contributed by atoms with Crippen molar-refractivity contribution in [1.29, 1.82) is 0 Å². The van der Waals surface area contributed by atoms with Crippen LogP contribution in [0.15, 0.2) is 0 Å². The Balaban J connectivity index is 2.83. The minimum absolute atomic E-state index is 0.593. The first-order valence-electron chi connectivity index (χ1n) is 2.00. The lowest BCUT2D eigenvalue weighted by Gasteiger charge is -1.97. The van der Waals surface area contributed by atoms with Gasteiger partial charge in [0.15, 0.2) is 8.11 Å². The summed E-state index contributed by atoms with van der Waals surface area (Å²) in [5.41, 5.74) is 0.593. The zero-order chi connectivity index (χ0) is 5.70. The van der Waals surface area contributed by atoms with Gasteiger partial charge in [-0.3, -0.25) is 0 Å². The van der Waals surface area contributed by atoms with Crippen molar-refractivity contribution in [2.75, 3.05) is 18.8 Å². The smallest absolute Gasteiger partial charge is 0.181 e. The highest BCUT2D eigenvalue weighted by atomic mass is 35.6. The van der Waals surface area contributed by atoms with Crippen molar-refractivity contribution in [2.45, 2.75) is 0 Å². The molecule has 1 unspecified atom stereocenters. The quantitative estimate of drug-likeness (QED) is 0.338. The van der Waals surface area contributed by atoms with E-state index in [1.165, 1.54) is 0 Å². The summed E-state index contributed by atoms with van der Waals surface area (Å²) in [5, 5.41) is 0. The first kappa shape index (κ1) is 7.76. The third-order valence-electron chi connectivity index (χ3n) is 0.515. The lowest BCUT2D eigenvalue weighted by atomic mass is 11.5. The highest BCUT2D eigenvalue weighted by molar-refractivity contribution is 7.09. The van der Waals surface area contributed by atoms with Crippen molar-refractivity contribution in [3.63, 3.8) is 0 Å². The molecule has 0 rings (SSSR count). The molecular formula is C3H8Cl2OSi. The van der Waals surface area contributed by atoms with Gasteiger partial charge in [0.05, 0.1) is 6.23 Å². The zero-order valence-corrected chi connectivity index (χ0v) is 6.82. The van der Waals surface area contributed by atoms with E-state index in [0.717, 1.165) is 0 Å². The summed E-state index contributed by atoms with van der Waals surface area (Å²) in [6.45, 7) is 0. The molecule has 0 saturated heterocycles. The van der Waals surface area contributed by atoms with Gasteiger partial charge in [-0.05, 0) is 0 Å². The van der Waals surface area contributed by atoms with Crippen molar-refractivity contribution in [3.05, 3.63) is 0 Å². The third kappa shape index (κ3) is 4.61. The van der Waals surface area contributed by atoms with Crippen LogP contribution >= 0.6 is 22.7 Å². The van der Waals surface area contributed by atoms with Crippen LogP contribution < -0.4 is 0 Å². The molecule has 44 valence electrons. The van der Waals surface area contributed by atoms with Gasteiger partial charge in [0.2, 0.25) is 0 Å². The van der Waals surface area contributed by atoms with Crippen LogP contribution in [0.5, 0.6) is 0 Å². The summed E-state index contributed by atoms with van der Waals surface area (Å²) < 4.78 is 4.74. The summed E-state index contributed by atoms with van der Waals surface area (Å²) in [6, 6.07) is 0. The van der Waals surface area contributed by atoms with E-state index in [4.69, 9.17) is 27.4 Å². The second kappa shape index (κ2) is 4.90. The minimum atomic E-state index is -1.17. The SMILES string of the molecule is COC[SiH](Cl)CCl. The van der Waals surface area contributed by atoms with Crippen LogP contribution in [0.3, 0.4) is 0 Å². The summed E-state index contributed by atoms with van der Waals surface area (Å²) in [6.07, 6.45) is 0.672. The van der Waals surface area contributed by atoms with Crippen LogP contribution in [0.25, 0.3) is 0 Å². The fourth-order valence-corrected chi connectivity index (χ4v) is 1.32. The maximum Gasteiger partial charge on any atom is 0.181 e. The lowest BCUT2D eigenvalue weighted by molar-refractivity contribution is 0.251. The molecule has 0 aliphatic heterocycles. The number of halogens is 2. The molecule has 0 aliphatic rings. The summed E-state index contributed by atoms with van der Waals surface area (Å²) in [5.74, 6) is 0. The zero-order valence-electron chi connectivity index (χ0n) is 4.16. The van der Waals surface area contributed by atoms with Gasteiger partial charge in [0.1, 0.15) is 0 Å². The van der Waals surface area contributed by atoms with Crippen LogP contribution in [-0.4, -0.2) is 26.9 Å². The van der Waals surface area contributed by atoms with E-state index in [9.17, 15) is 0 Å². The second-order valence-electron chi connectivity index (χ2n) is 1.21. The molecule has 0 amide bonds. The van der Waals surface area contributed by atoms with E-state index in [1.807, 2.05) is 0 Å². The number of ether oxygens (including phenoxy) is 1. The Bertz CT molecular complexity index is 43.9. The highest BCUT2D eigenvalue weighted by Gasteiger charge is 2.01. The average Bonchev–Trinajstić information content (AvgIpc) is 1.68. The van der Waals surface area contributed by atoms with Gasteiger partial charge in [-0.1, -0.05) is 0 Å². The largest absolute Gasteiger partial charge is 0.387 e. The van der Waals surface area contributed by atoms with Gasteiger partial charge < -0.3 is 4.74 Å². The average molecular weight is 159 g/mol. The molecule has 0 saturated carbocycles. The molecule has 7 heavy (non-hydrogen) atoms. The molecule has 0 radical (unpaired) electrons.